The first kappa shape index (κ1) is 10.6. The first-order chi connectivity index (χ1) is 8.83. The van der Waals surface area contributed by atoms with E-state index in [4.69, 9.17) is 4.42 Å². The van der Waals surface area contributed by atoms with E-state index in [9.17, 15) is 4.79 Å². The van der Waals surface area contributed by atoms with Gasteiger partial charge in [0.15, 0.2) is 5.58 Å². The number of aromatic nitrogens is 2. The summed E-state index contributed by atoms with van der Waals surface area (Å²) >= 11 is 0. The molecule has 18 heavy (non-hydrogen) atoms. The van der Waals surface area contributed by atoms with E-state index < -0.39 is 0 Å². The van der Waals surface area contributed by atoms with Crippen molar-refractivity contribution in [2.24, 2.45) is 0 Å². The quantitative estimate of drug-likeness (QED) is 0.737. The van der Waals surface area contributed by atoms with Gasteiger partial charge in [-0.25, -0.2) is 0 Å². The van der Waals surface area contributed by atoms with E-state index in [-0.39, 0.29) is 5.91 Å². The number of aromatic amines is 1. The Labute approximate surface area is 103 Å². The third kappa shape index (κ3) is 1.98. The standard InChI is InChI=1S/C13H11N3O2/c17-13(15-8-9-2-1-4-14-7-9)11-6-12-10(16-11)3-5-18-12/h1-7,16H,8H2,(H,15,17). The molecular weight excluding hydrogens is 230 g/mol. The van der Waals surface area contributed by atoms with E-state index >= 15 is 0 Å². The smallest absolute Gasteiger partial charge is 0.268 e. The third-order valence-corrected chi connectivity index (χ3v) is 2.66. The monoisotopic (exact) mass is 241 g/mol. The van der Waals surface area contributed by atoms with Crippen LogP contribution >= 0.6 is 0 Å². The van der Waals surface area contributed by atoms with E-state index in [0.717, 1.165) is 11.1 Å². The van der Waals surface area contributed by atoms with Crippen molar-refractivity contribution in [3.8, 4) is 0 Å². The van der Waals surface area contributed by atoms with Gasteiger partial charge in [0.05, 0.1) is 11.8 Å². The Kier molecular flexibility index (Phi) is 2.57. The van der Waals surface area contributed by atoms with Crippen LogP contribution in [0.2, 0.25) is 0 Å². The first-order valence-corrected chi connectivity index (χ1v) is 5.56. The second kappa shape index (κ2) is 4.37. The van der Waals surface area contributed by atoms with Gasteiger partial charge in [0.2, 0.25) is 0 Å². The summed E-state index contributed by atoms with van der Waals surface area (Å²) < 4.78 is 5.19. The number of carbonyl (C=O) groups excluding carboxylic acids is 1. The topological polar surface area (TPSA) is 70.9 Å². The second-order valence-corrected chi connectivity index (χ2v) is 3.93. The summed E-state index contributed by atoms with van der Waals surface area (Å²) in [7, 11) is 0. The number of fused-ring (bicyclic) bond motifs is 1. The molecule has 2 N–H and O–H groups in total. The van der Waals surface area contributed by atoms with Crippen LogP contribution in [0.4, 0.5) is 0 Å². The Morgan fingerprint density at radius 2 is 2.39 bits per heavy atom. The van der Waals surface area contributed by atoms with E-state index in [0.29, 0.717) is 17.8 Å². The highest BCUT2D eigenvalue weighted by Crippen LogP contribution is 2.15. The Bertz CT molecular complexity index is 641. The number of carbonyl (C=O) groups is 1. The minimum Gasteiger partial charge on any atom is -0.463 e. The van der Waals surface area contributed by atoms with Gasteiger partial charge >= 0.3 is 0 Å². The zero-order valence-corrected chi connectivity index (χ0v) is 9.51. The summed E-state index contributed by atoms with van der Waals surface area (Å²) in [5, 5.41) is 2.81. The largest absolute Gasteiger partial charge is 0.463 e. The number of furan rings is 1. The van der Waals surface area contributed by atoms with Crippen molar-refractivity contribution in [1.82, 2.24) is 15.3 Å². The summed E-state index contributed by atoms with van der Waals surface area (Å²) in [6, 6.07) is 7.22. The molecule has 0 aliphatic heterocycles. The first-order valence-electron chi connectivity index (χ1n) is 5.56. The molecule has 0 saturated heterocycles. The molecule has 5 heteroatoms. The Morgan fingerprint density at radius 1 is 1.44 bits per heavy atom. The molecule has 0 aliphatic carbocycles. The number of pyridine rings is 1. The van der Waals surface area contributed by atoms with Crippen LogP contribution in [-0.4, -0.2) is 15.9 Å². The third-order valence-electron chi connectivity index (χ3n) is 2.66. The molecule has 0 aromatic carbocycles. The molecule has 1 amide bonds. The van der Waals surface area contributed by atoms with Gasteiger partial charge in [-0.05, 0) is 11.6 Å². The van der Waals surface area contributed by atoms with Crippen LogP contribution in [-0.2, 0) is 6.54 Å². The number of H-pyrrole nitrogens is 1. The summed E-state index contributed by atoms with van der Waals surface area (Å²) in [5.74, 6) is -0.162. The van der Waals surface area contributed by atoms with Crippen molar-refractivity contribution in [3.05, 3.63) is 54.2 Å². The van der Waals surface area contributed by atoms with Gasteiger partial charge in [0.25, 0.3) is 5.91 Å². The molecule has 0 fully saturated rings. The molecule has 5 nitrogen and oxygen atoms in total. The molecule has 0 bridgehead atoms. The molecule has 0 aliphatic rings. The Hall–Kier alpha value is -2.56. The molecule has 0 saturated carbocycles. The lowest BCUT2D eigenvalue weighted by Gasteiger charge is -2.02. The van der Waals surface area contributed by atoms with Gasteiger partial charge < -0.3 is 14.7 Å². The highest BCUT2D eigenvalue weighted by atomic mass is 16.3. The lowest BCUT2D eigenvalue weighted by molar-refractivity contribution is 0.0946. The average Bonchev–Trinajstić information content (AvgIpc) is 2.98. The van der Waals surface area contributed by atoms with E-state index in [1.54, 1.807) is 30.8 Å². The minimum absolute atomic E-state index is 0.162. The van der Waals surface area contributed by atoms with E-state index in [1.165, 1.54) is 0 Å². The molecular formula is C13H11N3O2. The van der Waals surface area contributed by atoms with Crippen molar-refractivity contribution in [2.45, 2.75) is 6.54 Å². The number of nitrogens with one attached hydrogen (secondary N) is 2. The van der Waals surface area contributed by atoms with Crippen LogP contribution in [0.1, 0.15) is 16.1 Å². The van der Waals surface area contributed by atoms with Crippen molar-refractivity contribution in [3.63, 3.8) is 0 Å². The van der Waals surface area contributed by atoms with E-state index in [2.05, 4.69) is 15.3 Å². The molecule has 0 unspecified atom stereocenters. The molecule has 3 aromatic rings. The highest BCUT2D eigenvalue weighted by molar-refractivity contribution is 5.96. The zero-order valence-electron chi connectivity index (χ0n) is 9.51. The lowest BCUT2D eigenvalue weighted by Crippen LogP contribution is -2.23. The van der Waals surface area contributed by atoms with Gasteiger partial charge in [-0.15, -0.1) is 0 Å². The molecule has 90 valence electrons. The van der Waals surface area contributed by atoms with Crippen molar-refractivity contribution in [1.29, 1.82) is 0 Å². The summed E-state index contributed by atoms with van der Waals surface area (Å²) in [6.07, 6.45) is 5.00. The second-order valence-electron chi connectivity index (χ2n) is 3.93. The summed E-state index contributed by atoms with van der Waals surface area (Å²) in [6.45, 7) is 0.451. The minimum atomic E-state index is -0.162. The van der Waals surface area contributed by atoms with Crippen LogP contribution in [0, 0.1) is 0 Å². The maximum Gasteiger partial charge on any atom is 0.268 e. The molecule has 3 heterocycles. The molecule has 3 rings (SSSR count). The summed E-state index contributed by atoms with van der Waals surface area (Å²) in [4.78, 5) is 18.9. The van der Waals surface area contributed by atoms with Crippen molar-refractivity contribution < 1.29 is 9.21 Å². The number of hydrogen-bond donors (Lipinski definition) is 2. The average molecular weight is 241 g/mol. The predicted molar refractivity (Wildman–Crippen MR) is 66.0 cm³/mol. The number of hydrogen-bond acceptors (Lipinski definition) is 3. The Balaban J connectivity index is 1.70. The summed E-state index contributed by atoms with van der Waals surface area (Å²) in [5.41, 5.74) is 2.96. The van der Waals surface area contributed by atoms with Gasteiger partial charge in [-0.2, -0.15) is 0 Å². The fourth-order valence-corrected chi connectivity index (χ4v) is 1.75. The van der Waals surface area contributed by atoms with Crippen molar-refractivity contribution in [2.75, 3.05) is 0 Å². The molecule has 0 radical (unpaired) electrons. The SMILES string of the molecule is O=C(NCc1cccnc1)c1cc2occc2[nH]1. The molecule has 0 spiro atoms. The maximum absolute atomic E-state index is 11.9. The van der Waals surface area contributed by atoms with Crippen molar-refractivity contribution >= 4 is 17.0 Å². The normalized spacial score (nSPS) is 10.7. The number of amides is 1. The van der Waals surface area contributed by atoms with Crippen LogP contribution in [0.5, 0.6) is 0 Å². The predicted octanol–water partition coefficient (Wildman–Crippen LogP) is 2.09. The maximum atomic E-state index is 11.9. The van der Waals surface area contributed by atoms with E-state index in [1.807, 2.05) is 12.1 Å². The van der Waals surface area contributed by atoms with Crippen LogP contribution in [0.25, 0.3) is 11.1 Å². The zero-order chi connectivity index (χ0) is 12.4. The van der Waals surface area contributed by atoms with Gasteiger partial charge in [-0.3, -0.25) is 9.78 Å². The Morgan fingerprint density at radius 3 is 3.17 bits per heavy atom. The molecule has 3 aromatic heterocycles. The number of rotatable bonds is 3. The van der Waals surface area contributed by atoms with Crippen LogP contribution in [0.15, 0.2) is 47.3 Å². The molecule has 0 atom stereocenters. The van der Waals surface area contributed by atoms with Crippen LogP contribution < -0.4 is 5.32 Å². The lowest BCUT2D eigenvalue weighted by atomic mass is 10.3. The van der Waals surface area contributed by atoms with Crippen LogP contribution in [0.3, 0.4) is 0 Å². The fraction of sp³-hybridized carbons (Fsp3) is 0.0769. The van der Waals surface area contributed by atoms with Gasteiger partial charge in [-0.1, -0.05) is 6.07 Å². The van der Waals surface area contributed by atoms with Gasteiger partial charge in [0.1, 0.15) is 5.69 Å². The highest BCUT2D eigenvalue weighted by Gasteiger charge is 2.10. The fourth-order valence-electron chi connectivity index (χ4n) is 1.75. The number of nitrogens with zero attached hydrogens (tertiary/aromatic N) is 1. The van der Waals surface area contributed by atoms with Gasteiger partial charge in [0, 0.05) is 31.1 Å².